The van der Waals surface area contributed by atoms with Crippen LogP contribution in [0.1, 0.15) is 29.6 Å². The largest absolute Gasteiger partial charge is 0.508 e. The lowest BCUT2D eigenvalue weighted by Crippen LogP contribution is -2.13. The maximum absolute atomic E-state index is 12.8. The van der Waals surface area contributed by atoms with Crippen LogP contribution < -0.4 is 5.56 Å². The first-order valence-electron chi connectivity index (χ1n) is 9.02. The zero-order chi connectivity index (χ0) is 19.8. The van der Waals surface area contributed by atoms with Crippen LogP contribution in [0.5, 0.6) is 5.75 Å². The highest BCUT2D eigenvalue weighted by molar-refractivity contribution is 6.32. The van der Waals surface area contributed by atoms with Gasteiger partial charge in [-0.3, -0.25) is 4.79 Å². The van der Waals surface area contributed by atoms with E-state index in [0.29, 0.717) is 40.4 Å². The lowest BCUT2D eigenvalue weighted by atomic mass is 10.1. The van der Waals surface area contributed by atoms with Crippen LogP contribution in [0.4, 0.5) is 0 Å². The zero-order valence-corrected chi connectivity index (χ0v) is 16.3. The minimum absolute atomic E-state index is 0.195. The lowest BCUT2D eigenvalue weighted by molar-refractivity contribution is 0.475. The topological polar surface area (TPSA) is 83.8 Å². The van der Waals surface area contributed by atoms with Gasteiger partial charge in [0.25, 0.3) is 5.56 Å². The number of aromatic nitrogens is 4. The Morgan fingerprint density at radius 1 is 1.18 bits per heavy atom. The van der Waals surface area contributed by atoms with Crippen molar-refractivity contribution in [1.29, 1.82) is 0 Å². The summed E-state index contributed by atoms with van der Waals surface area (Å²) in [6.07, 6.45) is 1.04. The van der Waals surface area contributed by atoms with E-state index in [1.807, 2.05) is 26.0 Å². The van der Waals surface area contributed by atoms with E-state index >= 15 is 0 Å². The fourth-order valence-electron chi connectivity index (χ4n) is 3.32. The summed E-state index contributed by atoms with van der Waals surface area (Å²) in [4.78, 5) is 20.4. The van der Waals surface area contributed by atoms with Crippen molar-refractivity contribution < 1.29 is 5.11 Å². The number of aromatic amines is 1. The smallest absolute Gasteiger partial charge is 0.262 e. The molecule has 2 N–H and O–H groups in total. The number of benzene rings is 2. The van der Waals surface area contributed by atoms with Gasteiger partial charge >= 0.3 is 0 Å². The molecule has 4 rings (SSSR count). The van der Waals surface area contributed by atoms with Crippen LogP contribution in [0, 0.1) is 6.92 Å². The molecule has 2 aromatic carbocycles. The first-order chi connectivity index (χ1) is 13.5. The molecule has 0 saturated heterocycles. The molecule has 0 aliphatic rings. The van der Waals surface area contributed by atoms with E-state index in [9.17, 15) is 9.90 Å². The molecule has 142 valence electrons. The van der Waals surface area contributed by atoms with Gasteiger partial charge in [0, 0.05) is 6.42 Å². The van der Waals surface area contributed by atoms with Crippen molar-refractivity contribution in [3.63, 3.8) is 0 Å². The van der Waals surface area contributed by atoms with Gasteiger partial charge in [-0.05, 0) is 42.7 Å². The molecule has 0 aliphatic heterocycles. The van der Waals surface area contributed by atoms with Crippen molar-refractivity contribution >= 4 is 22.6 Å². The molecule has 0 unspecified atom stereocenters. The fraction of sp³-hybridized carbons (Fsp3) is 0.190. The van der Waals surface area contributed by atoms with Gasteiger partial charge in [-0.25, -0.2) is 9.67 Å². The molecule has 28 heavy (non-hydrogen) atoms. The van der Waals surface area contributed by atoms with E-state index in [1.54, 1.807) is 35.0 Å². The Kier molecular flexibility index (Phi) is 4.65. The monoisotopic (exact) mass is 394 g/mol. The minimum atomic E-state index is -0.216. The van der Waals surface area contributed by atoms with Crippen LogP contribution in [0.25, 0.3) is 16.7 Å². The SMILES string of the molecule is CCc1nn(-c2c(C)cccc2Cl)c2nc(Cc3ccc(O)cc3)[nH]c(=O)c12. The second-order valence-electron chi connectivity index (χ2n) is 6.67. The van der Waals surface area contributed by atoms with Gasteiger partial charge in [-0.2, -0.15) is 5.10 Å². The highest BCUT2D eigenvalue weighted by Crippen LogP contribution is 2.27. The van der Waals surface area contributed by atoms with Crippen molar-refractivity contribution in [2.45, 2.75) is 26.7 Å². The van der Waals surface area contributed by atoms with Crippen LogP contribution in [0.2, 0.25) is 5.02 Å². The van der Waals surface area contributed by atoms with Gasteiger partial charge in [-0.1, -0.05) is 42.8 Å². The number of phenolic OH excluding ortho intramolecular Hbond substituents is 1. The Bertz CT molecular complexity index is 1210. The molecule has 0 bridgehead atoms. The third kappa shape index (κ3) is 3.16. The second-order valence-corrected chi connectivity index (χ2v) is 7.08. The minimum Gasteiger partial charge on any atom is -0.508 e. The van der Waals surface area contributed by atoms with Gasteiger partial charge in [-0.15, -0.1) is 0 Å². The first kappa shape index (κ1) is 18.3. The van der Waals surface area contributed by atoms with E-state index in [2.05, 4.69) is 10.1 Å². The number of fused-ring (bicyclic) bond motifs is 1. The molecule has 0 amide bonds. The number of para-hydroxylation sites is 1. The van der Waals surface area contributed by atoms with Crippen LogP contribution in [0.15, 0.2) is 47.3 Å². The quantitative estimate of drug-likeness (QED) is 0.549. The number of phenols is 1. The lowest BCUT2D eigenvalue weighted by Gasteiger charge is -2.09. The molecule has 2 aromatic heterocycles. The average Bonchev–Trinajstić information content (AvgIpc) is 3.02. The molecule has 0 radical (unpaired) electrons. The number of rotatable bonds is 4. The summed E-state index contributed by atoms with van der Waals surface area (Å²) in [6, 6.07) is 12.4. The van der Waals surface area contributed by atoms with Gasteiger partial charge in [0.2, 0.25) is 0 Å². The van der Waals surface area contributed by atoms with Crippen molar-refractivity contribution in [1.82, 2.24) is 19.7 Å². The summed E-state index contributed by atoms with van der Waals surface area (Å²) in [7, 11) is 0. The molecular weight excluding hydrogens is 376 g/mol. The Morgan fingerprint density at radius 2 is 1.93 bits per heavy atom. The summed E-state index contributed by atoms with van der Waals surface area (Å²) in [5.41, 5.74) is 3.55. The molecule has 0 fully saturated rings. The molecule has 0 spiro atoms. The maximum atomic E-state index is 12.8. The predicted octanol–water partition coefficient (Wildman–Crippen LogP) is 3.93. The average molecular weight is 395 g/mol. The third-order valence-electron chi connectivity index (χ3n) is 4.70. The van der Waals surface area contributed by atoms with Crippen molar-refractivity contribution in [2.24, 2.45) is 0 Å². The molecule has 2 heterocycles. The van der Waals surface area contributed by atoms with Gasteiger partial charge in [0.05, 0.1) is 16.4 Å². The van der Waals surface area contributed by atoms with E-state index in [1.165, 1.54) is 0 Å². The number of aryl methyl sites for hydroxylation is 2. The standard InChI is InChI=1S/C21H19ClN4O2/c1-3-16-18-20(26(25-16)19-12(2)5-4-6-15(19)22)23-17(24-21(18)28)11-13-7-9-14(27)10-8-13/h4-10,27H,3,11H2,1-2H3,(H,23,24,28). The number of H-pyrrole nitrogens is 1. The molecule has 7 heteroatoms. The summed E-state index contributed by atoms with van der Waals surface area (Å²) >= 11 is 6.44. The van der Waals surface area contributed by atoms with Crippen LogP contribution in [-0.4, -0.2) is 24.9 Å². The molecule has 4 aromatic rings. The summed E-state index contributed by atoms with van der Waals surface area (Å²) in [6.45, 7) is 3.90. The van der Waals surface area contributed by atoms with Gasteiger partial charge in [0.15, 0.2) is 5.65 Å². The van der Waals surface area contributed by atoms with E-state index < -0.39 is 0 Å². The predicted molar refractivity (Wildman–Crippen MR) is 110 cm³/mol. The summed E-state index contributed by atoms with van der Waals surface area (Å²) in [5, 5.41) is 15.1. The Morgan fingerprint density at radius 3 is 2.61 bits per heavy atom. The summed E-state index contributed by atoms with van der Waals surface area (Å²) < 4.78 is 1.67. The Balaban J connectivity index is 1.92. The van der Waals surface area contributed by atoms with Crippen LogP contribution in [0.3, 0.4) is 0 Å². The second kappa shape index (κ2) is 7.13. The van der Waals surface area contributed by atoms with E-state index in [-0.39, 0.29) is 11.3 Å². The number of hydrogen-bond acceptors (Lipinski definition) is 4. The van der Waals surface area contributed by atoms with Gasteiger partial charge in [0.1, 0.15) is 17.0 Å². The van der Waals surface area contributed by atoms with Crippen molar-refractivity contribution in [3.8, 4) is 11.4 Å². The Labute approximate surface area is 166 Å². The number of halogens is 1. The molecule has 6 nitrogen and oxygen atoms in total. The first-order valence-corrected chi connectivity index (χ1v) is 9.40. The highest BCUT2D eigenvalue weighted by Gasteiger charge is 2.19. The molecule has 0 saturated carbocycles. The zero-order valence-electron chi connectivity index (χ0n) is 15.5. The van der Waals surface area contributed by atoms with E-state index in [4.69, 9.17) is 16.6 Å². The van der Waals surface area contributed by atoms with E-state index in [0.717, 1.165) is 16.8 Å². The number of hydrogen-bond donors (Lipinski definition) is 2. The number of nitrogens with one attached hydrogen (secondary N) is 1. The Hall–Kier alpha value is -3.12. The molecule has 0 atom stereocenters. The van der Waals surface area contributed by atoms with Crippen molar-refractivity contribution in [2.75, 3.05) is 0 Å². The van der Waals surface area contributed by atoms with Crippen LogP contribution >= 0.6 is 11.6 Å². The molecule has 0 aliphatic carbocycles. The fourth-order valence-corrected chi connectivity index (χ4v) is 3.63. The normalized spacial score (nSPS) is 11.2. The number of aromatic hydroxyl groups is 1. The van der Waals surface area contributed by atoms with Gasteiger partial charge < -0.3 is 10.1 Å². The number of nitrogens with zero attached hydrogens (tertiary/aromatic N) is 3. The third-order valence-corrected chi connectivity index (χ3v) is 5.01. The highest BCUT2D eigenvalue weighted by atomic mass is 35.5. The summed E-state index contributed by atoms with van der Waals surface area (Å²) in [5.74, 6) is 0.720. The maximum Gasteiger partial charge on any atom is 0.262 e. The van der Waals surface area contributed by atoms with Crippen LogP contribution in [-0.2, 0) is 12.8 Å². The van der Waals surface area contributed by atoms with Crippen molar-refractivity contribution in [3.05, 3.63) is 80.5 Å². The molecular formula is C21H19ClN4O2.